The fourth-order valence-corrected chi connectivity index (χ4v) is 2.57. The van der Waals surface area contributed by atoms with Gasteiger partial charge in [-0.05, 0) is 59.8 Å². The maximum atomic E-state index is 12.4. The van der Waals surface area contributed by atoms with Crippen LogP contribution >= 0.6 is 22.6 Å². The van der Waals surface area contributed by atoms with E-state index in [4.69, 9.17) is 9.47 Å². The molecule has 2 aromatic rings. The van der Waals surface area contributed by atoms with Gasteiger partial charge in [-0.25, -0.2) is 0 Å². The van der Waals surface area contributed by atoms with Crippen LogP contribution < -0.4 is 9.47 Å². The molecule has 0 spiro atoms. The van der Waals surface area contributed by atoms with Crippen molar-refractivity contribution in [2.24, 2.45) is 0 Å². The van der Waals surface area contributed by atoms with E-state index in [9.17, 15) is 4.79 Å². The van der Waals surface area contributed by atoms with Crippen LogP contribution in [0.5, 0.6) is 11.5 Å². The molecule has 1 unspecified atom stereocenters. The first-order valence-electron chi connectivity index (χ1n) is 7.30. The number of ether oxygens (including phenoxy) is 2. The van der Waals surface area contributed by atoms with Gasteiger partial charge in [0.2, 0.25) is 0 Å². The van der Waals surface area contributed by atoms with Gasteiger partial charge in [0.25, 0.3) is 5.91 Å². The van der Waals surface area contributed by atoms with Crippen LogP contribution in [0.4, 0.5) is 0 Å². The predicted molar refractivity (Wildman–Crippen MR) is 98.8 cm³/mol. The molecular weight excluding hydrogens is 405 g/mol. The smallest absolute Gasteiger partial charge is 0.260 e. The quantitative estimate of drug-likeness (QED) is 0.660. The molecule has 122 valence electrons. The first-order valence-corrected chi connectivity index (χ1v) is 8.37. The van der Waals surface area contributed by atoms with Crippen molar-refractivity contribution in [2.45, 2.75) is 13.0 Å². The van der Waals surface area contributed by atoms with E-state index in [1.54, 1.807) is 19.1 Å². The molecule has 0 bridgehead atoms. The SMILES string of the molecule is COc1ccccc1C(C)N(C)C(=O)COc1ccc(I)cc1. The molecule has 23 heavy (non-hydrogen) atoms. The number of carbonyl (C=O) groups excluding carboxylic acids is 1. The standard InChI is InChI=1S/C18H20INO3/c1-13(16-6-4-5-7-17(16)22-3)20(2)18(21)12-23-15-10-8-14(19)9-11-15/h4-11,13H,12H2,1-3H3. The van der Waals surface area contributed by atoms with Gasteiger partial charge in [0, 0.05) is 16.2 Å². The lowest BCUT2D eigenvalue weighted by molar-refractivity contribution is -0.134. The largest absolute Gasteiger partial charge is 0.496 e. The molecule has 0 heterocycles. The molecule has 5 heteroatoms. The van der Waals surface area contributed by atoms with E-state index in [1.165, 1.54) is 0 Å². The zero-order valence-corrected chi connectivity index (χ0v) is 15.6. The van der Waals surface area contributed by atoms with Gasteiger partial charge in [-0.3, -0.25) is 4.79 Å². The molecule has 2 rings (SSSR count). The lowest BCUT2D eigenvalue weighted by Gasteiger charge is -2.26. The van der Waals surface area contributed by atoms with E-state index >= 15 is 0 Å². The summed E-state index contributed by atoms with van der Waals surface area (Å²) in [6.07, 6.45) is 0. The van der Waals surface area contributed by atoms with Gasteiger partial charge in [-0.2, -0.15) is 0 Å². The summed E-state index contributed by atoms with van der Waals surface area (Å²) >= 11 is 2.23. The Morgan fingerprint density at radius 3 is 2.48 bits per heavy atom. The number of hydrogen-bond acceptors (Lipinski definition) is 3. The molecule has 0 saturated heterocycles. The highest BCUT2D eigenvalue weighted by molar-refractivity contribution is 14.1. The number of likely N-dealkylation sites (N-methyl/N-ethyl adjacent to an activating group) is 1. The van der Waals surface area contributed by atoms with Crippen LogP contribution in [-0.4, -0.2) is 31.6 Å². The van der Waals surface area contributed by atoms with Crippen molar-refractivity contribution in [3.63, 3.8) is 0 Å². The second kappa shape index (κ2) is 8.19. The summed E-state index contributed by atoms with van der Waals surface area (Å²) in [5, 5.41) is 0. The van der Waals surface area contributed by atoms with Crippen molar-refractivity contribution >= 4 is 28.5 Å². The number of halogens is 1. The molecule has 0 fully saturated rings. The first kappa shape index (κ1) is 17.6. The summed E-state index contributed by atoms with van der Waals surface area (Å²) < 4.78 is 12.1. The van der Waals surface area contributed by atoms with E-state index in [2.05, 4.69) is 22.6 Å². The van der Waals surface area contributed by atoms with E-state index in [-0.39, 0.29) is 18.6 Å². The van der Waals surface area contributed by atoms with Crippen molar-refractivity contribution in [3.05, 3.63) is 57.7 Å². The number of amides is 1. The Kier molecular flexibility index (Phi) is 6.27. The van der Waals surface area contributed by atoms with Crippen LogP contribution in [0.25, 0.3) is 0 Å². The lowest BCUT2D eigenvalue weighted by atomic mass is 10.1. The number of rotatable bonds is 6. The number of methoxy groups -OCH3 is 1. The van der Waals surface area contributed by atoms with Crippen LogP contribution in [0.1, 0.15) is 18.5 Å². The number of para-hydroxylation sites is 1. The van der Waals surface area contributed by atoms with Gasteiger partial charge in [0.1, 0.15) is 11.5 Å². The Hall–Kier alpha value is -1.76. The highest BCUT2D eigenvalue weighted by atomic mass is 127. The maximum absolute atomic E-state index is 12.4. The molecule has 0 saturated carbocycles. The molecule has 0 aliphatic heterocycles. The number of benzene rings is 2. The third-order valence-electron chi connectivity index (χ3n) is 3.74. The van der Waals surface area contributed by atoms with Crippen LogP contribution in [0.3, 0.4) is 0 Å². The van der Waals surface area contributed by atoms with Crippen molar-refractivity contribution in [2.75, 3.05) is 20.8 Å². The highest BCUT2D eigenvalue weighted by Crippen LogP contribution is 2.28. The molecule has 1 atom stereocenters. The topological polar surface area (TPSA) is 38.8 Å². The summed E-state index contributed by atoms with van der Waals surface area (Å²) in [6.45, 7) is 1.98. The predicted octanol–water partition coefficient (Wildman–Crippen LogP) is 3.90. The minimum absolute atomic E-state index is 0.0105. The summed E-state index contributed by atoms with van der Waals surface area (Å²) in [6, 6.07) is 15.2. The third-order valence-corrected chi connectivity index (χ3v) is 4.46. The normalized spacial score (nSPS) is 11.7. The molecule has 1 amide bonds. The van der Waals surface area contributed by atoms with Gasteiger partial charge in [0.15, 0.2) is 6.61 Å². The molecule has 0 radical (unpaired) electrons. The van der Waals surface area contributed by atoms with Crippen LogP contribution in [0.2, 0.25) is 0 Å². The van der Waals surface area contributed by atoms with Crippen LogP contribution in [-0.2, 0) is 4.79 Å². The van der Waals surface area contributed by atoms with E-state index in [1.807, 2.05) is 55.5 Å². The minimum atomic E-state index is -0.0982. The number of carbonyl (C=O) groups is 1. The number of hydrogen-bond donors (Lipinski definition) is 0. The first-order chi connectivity index (χ1) is 11.0. The van der Waals surface area contributed by atoms with Crippen LogP contribution in [0, 0.1) is 3.57 Å². The van der Waals surface area contributed by atoms with E-state index < -0.39 is 0 Å². The summed E-state index contributed by atoms with van der Waals surface area (Å²) in [7, 11) is 3.41. The molecule has 0 N–H and O–H groups in total. The molecule has 4 nitrogen and oxygen atoms in total. The fourth-order valence-electron chi connectivity index (χ4n) is 2.21. The third kappa shape index (κ3) is 4.60. The Balaban J connectivity index is 1.99. The van der Waals surface area contributed by atoms with Gasteiger partial charge >= 0.3 is 0 Å². The summed E-state index contributed by atoms with van der Waals surface area (Å²) in [4.78, 5) is 14.0. The Morgan fingerprint density at radius 1 is 1.17 bits per heavy atom. The van der Waals surface area contributed by atoms with Gasteiger partial charge in [-0.15, -0.1) is 0 Å². The van der Waals surface area contributed by atoms with Gasteiger partial charge in [0.05, 0.1) is 13.2 Å². The van der Waals surface area contributed by atoms with E-state index in [0.717, 1.165) is 14.9 Å². The van der Waals surface area contributed by atoms with Crippen molar-refractivity contribution < 1.29 is 14.3 Å². The second-order valence-corrected chi connectivity index (χ2v) is 6.41. The van der Waals surface area contributed by atoms with Crippen molar-refractivity contribution in [1.82, 2.24) is 4.90 Å². The average Bonchev–Trinajstić information content (AvgIpc) is 2.59. The zero-order chi connectivity index (χ0) is 16.8. The maximum Gasteiger partial charge on any atom is 0.260 e. The summed E-state index contributed by atoms with van der Waals surface area (Å²) in [5.74, 6) is 1.39. The van der Waals surface area contributed by atoms with Crippen LogP contribution in [0.15, 0.2) is 48.5 Å². The fraction of sp³-hybridized carbons (Fsp3) is 0.278. The Morgan fingerprint density at radius 2 is 1.83 bits per heavy atom. The van der Waals surface area contributed by atoms with Gasteiger partial charge in [-0.1, -0.05) is 18.2 Å². The van der Waals surface area contributed by atoms with E-state index in [0.29, 0.717) is 5.75 Å². The van der Waals surface area contributed by atoms with Crippen molar-refractivity contribution in [3.8, 4) is 11.5 Å². The summed E-state index contributed by atoms with van der Waals surface area (Å²) in [5.41, 5.74) is 0.972. The highest BCUT2D eigenvalue weighted by Gasteiger charge is 2.20. The Labute approximate surface area is 150 Å². The molecule has 0 aromatic heterocycles. The Bertz CT molecular complexity index is 658. The monoisotopic (exact) mass is 425 g/mol. The molecular formula is C18H20INO3. The lowest BCUT2D eigenvalue weighted by Crippen LogP contribution is -2.33. The number of nitrogens with zero attached hydrogens (tertiary/aromatic N) is 1. The molecule has 0 aliphatic rings. The minimum Gasteiger partial charge on any atom is -0.496 e. The van der Waals surface area contributed by atoms with Crippen molar-refractivity contribution in [1.29, 1.82) is 0 Å². The zero-order valence-electron chi connectivity index (χ0n) is 13.5. The molecule has 0 aliphatic carbocycles. The average molecular weight is 425 g/mol. The second-order valence-electron chi connectivity index (χ2n) is 5.17. The molecule has 2 aromatic carbocycles. The van der Waals surface area contributed by atoms with Gasteiger partial charge < -0.3 is 14.4 Å².